The van der Waals surface area contributed by atoms with E-state index < -0.39 is 42.7 Å². The minimum atomic E-state index is -4.64. The highest BCUT2D eigenvalue weighted by molar-refractivity contribution is 5.75. The highest BCUT2D eigenvalue weighted by Gasteiger charge is 2.34. The van der Waals surface area contributed by atoms with Gasteiger partial charge in [-0.25, -0.2) is 33.1 Å². The lowest BCUT2D eigenvalue weighted by atomic mass is 10.1. The van der Waals surface area contributed by atoms with Crippen molar-refractivity contribution in [3.05, 3.63) is 71.9 Å². The van der Waals surface area contributed by atoms with Crippen LogP contribution in [-0.4, -0.2) is 46.7 Å². The van der Waals surface area contributed by atoms with Gasteiger partial charge >= 0.3 is 12.8 Å². The molecule has 0 fully saturated rings. The van der Waals surface area contributed by atoms with Gasteiger partial charge in [-0.05, 0) is 17.7 Å². The Kier molecular flexibility index (Phi) is 7.42. The number of imidazole rings is 2. The third kappa shape index (κ3) is 5.40. The van der Waals surface area contributed by atoms with E-state index in [1.165, 1.54) is 54.2 Å². The van der Waals surface area contributed by atoms with E-state index in [2.05, 4.69) is 24.7 Å². The molecule has 1 unspecified atom stereocenters. The van der Waals surface area contributed by atoms with Crippen LogP contribution < -0.4 is 10.4 Å². The number of aryl methyl sites for hydroxylation is 1. The van der Waals surface area contributed by atoms with Crippen LogP contribution in [0.15, 0.2) is 55.0 Å². The molecule has 5 aromatic rings. The molecule has 4 heterocycles. The van der Waals surface area contributed by atoms with Crippen molar-refractivity contribution in [2.45, 2.75) is 32.1 Å². The second-order valence-corrected chi connectivity index (χ2v) is 8.88. The number of hydrogen-bond donors (Lipinski definition) is 1. The minimum Gasteiger partial charge on any atom is -0.416 e. The van der Waals surface area contributed by atoms with Crippen LogP contribution in [0.2, 0.25) is 0 Å². The Morgan fingerprint density at radius 1 is 0.976 bits per heavy atom. The lowest BCUT2D eigenvalue weighted by molar-refractivity contribution is -0.140. The number of benzene rings is 1. The van der Waals surface area contributed by atoms with Crippen LogP contribution in [0, 0.1) is 5.41 Å². The predicted molar refractivity (Wildman–Crippen MR) is 130 cm³/mol. The van der Waals surface area contributed by atoms with Gasteiger partial charge in [-0.15, -0.1) is 0 Å². The van der Waals surface area contributed by atoms with E-state index in [1.807, 2.05) is 0 Å². The zero-order chi connectivity index (χ0) is 30.3. The summed E-state index contributed by atoms with van der Waals surface area (Å²) in [6.45, 7) is -3.43. The quantitative estimate of drug-likeness (QED) is 0.235. The highest BCUT2D eigenvalue weighted by atomic mass is 19.4. The number of fused-ring (bicyclic) bond motifs is 1. The first-order valence-corrected chi connectivity index (χ1v) is 11.9. The maximum atomic E-state index is 14.6. The summed E-state index contributed by atoms with van der Waals surface area (Å²) >= 11 is 0. The Balaban J connectivity index is 1.58. The first kappa shape index (κ1) is 28.7. The normalized spacial score (nSPS) is 12.9. The van der Waals surface area contributed by atoms with Gasteiger partial charge in [-0.1, -0.05) is 24.3 Å². The summed E-state index contributed by atoms with van der Waals surface area (Å²) in [4.78, 5) is 15.6. The van der Waals surface area contributed by atoms with Crippen molar-refractivity contribution in [1.29, 1.82) is 5.41 Å². The molecule has 0 saturated heterocycles. The van der Waals surface area contributed by atoms with Gasteiger partial charge in [-0.2, -0.15) is 22.0 Å². The van der Waals surface area contributed by atoms with Crippen LogP contribution >= 0.6 is 0 Å². The topological polar surface area (TPSA) is 99.4 Å². The minimum absolute atomic E-state index is 0.0344. The number of nitrogens with one attached hydrogen (secondary N) is 1. The summed E-state index contributed by atoms with van der Waals surface area (Å²) in [7, 11) is 1.40. The Bertz CT molecular complexity index is 1790. The molecule has 1 aromatic carbocycles. The molecule has 0 spiro atoms. The fraction of sp³-hybridized carbons (Fsp3) is 0.240. The van der Waals surface area contributed by atoms with Crippen LogP contribution in [0.5, 0.6) is 5.88 Å². The summed E-state index contributed by atoms with van der Waals surface area (Å²) in [6.07, 6.45) is -8.06. The predicted octanol–water partition coefficient (Wildman–Crippen LogP) is 5.58. The van der Waals surface area contributed by atoms with Gasteiger partial charge in [0.15, 0.2) is 17.2 Å². The first-order valence-electron chi connectivity index (χ1n) is 11.9. The third-order valence-corrected chi connectivity index (χ3v) is 6.14. The largest absolute Gasteiger partial charge is 0.434 e. The second-order valence-electron chi connectivity index (χ2n) is 8.88. The number of ether oxygens (including phenoxy) is 1. The van der Waals surface area contributed by atoms with Crippen molar-refractivity contribution in [3.8, 4) is 28.7 Å². The number of pyridine rings is 1. The van der Waals surface area contributed by atoms with Crippen molar-refractivity contribution < 1.29 is 39.9 Å². The fourth-order valence-corrected chi connectivity index (χ4v) is 4.27. The molecular weight excluding hydrogens is 580 g/mol. The van der Waals surface area contributed by atoms with E-state index >= 15 is 0 Å². The fourth-order valence-electron chi connectivity index (χ4n) is 4.27. The lowest BCUT2D eigenvalue weighted by Gasteiger charge is -2.10. The molecule has 0 bridgehead atoms. The van der Waals surface area contributed by atoms with Crippen LogP contribution in [0.1, 0.15) is 17.6 Å². The average Bonchev–Trinajstić information content (AvgIpc) is 3.46. The standard InChI is InChI=1S/C25H18F8N8O/c1-39-11-16(25(31,32)33)37-20(39)13-6-4-12(5-7-13)10-40-21-15(41(24(40)34)18(28)17(26)27)9-36-19(38-21)14-3-2-8-35-22(14)42-23(29)30/h2-9,11,17-18,23,34H,10H2,1H3. The molecule has 0 aliphatic heterocycles. The summed E-state index contributed by atoms with van der Waals surface area (Å²) in [5.41, 5.74) is -1.53. The van der Waals surface area contributed by atoms with Gasteiger partial charge in [0.25, 0.3) is 6.43 Å². The van der Waals surface area contributed by atoms with E-state index in [4.69, 9.17) is 5.41 Å². The number of rotatable bonds is 8. The number of hydrogen-bond acceptors (Lipinski definition) is 6. The molecule has 220 valence electrons. The number of halogens is 8. The summed E-state index contributed by atoms with van der Waals surface area (Å²) in [6, 6.07) is 8.68. The summed E-state index contributed by atoms with van der Waals surface area (Å²) in [5, 5.41) is 8.45. The molecule has 0 aliphatic rings. The molecule has 4 aromatic heterocycles. The maximum absolute atomic E-state index is 14.6. The van der Waals surface area contributed by atoms with E-state index in [0.717, 1.165) is 17.0 Å². The molecule has 0 saturated carbocycles. The third-order valence-electron chi connectivity index (χ3n) is 6.14. The highest BCUT2D eigenvalue weighted by Crippen LogP contribution is 2.31. The molecule has 9 nitrogen and oxygen atoms in total. The van der Waals surface area contributed by atoms with E-state index in [-0.39, 0.29) is 34.9 Å². The SMILES string of the molecule is Cn1cc(C(F)(F)F)nc1-c1ccc(Cn2c(=N)n(C(F)C(F)F)c3cnc(-c4cccnc4OC(F)F)nc32)cc1. The lowest BCUT2D eigenvalue weighted by Crippen LogP contribution is -2.29. The number of alkyl halides is 8. The van der Waals surface area contributed by atoms with Gasteiger partial charge in [0.2, 0.25) is 17.8 Å². The summed E-state index contributed by atoms with van der Waals surface area (Å²) in [5.74, 6) is -0.694. The van der Waals surface area contributed by atoms with Crippen molar-refractivity contribution in [1.82, 2.24) is 33.6 Å². The van der Waals surface area contributed by atoms with Crippen LogP contribution in [0.25, 0.3) is 33.9 Å². The molecule has 0 amide bonds. The zero-order valence-electron chi connectivity index (χ0n) is 21.2. The Morgan fingerprint density at radius 2 is 1.69 bits per heavy atom. The van der Waals surface area contributed by atoms with Gasteiger partial charge in [-0.3, -0.25) is 14.5 Å². The number of aromatic nitrogens is 7. The number of nitrogens with zero attached hydrogens (tertiary/aromatic N) is 7. The van der Waals surface area contributed by atoms with Gasteiger partial charge < -0.3 is 9.30 Å². The molecular formula is C25H18F8N8O. The zero-order valence-corrected chi connectivity index (χ0v) is 21.2. The smallest absolute Gasteiger partial charge is 0.416 e. The van der Waals surface area contributed by atoms with Crippen LogP contribution in [0.4, 0.5) is 35.1 Å². The van der Waals surface area contributed by atoms with Crippen molar-refractivity contribution in [3.63, 3.8) is 0 Å². The van der Waals surface area contributed by atoms with Gasteiger partial charge in [0, 0.05) is 25.0 Å². The molecule has 5 rings (SSSR count). The van der Waals surface area contributed by atoms with Crippen LogP contribution in [0.3, 0.4) is 0 Å². The second kappa shape index (κ2) is 10.9. The Labute approximate surface area is 230 Å². The summed E-state index contributed by atoms with van der Waals surface area (Å²) < 4.78 is 114. The van der Waals surface area contributed by atoms with Crippen molar-refractivity contribution >= 4 is 11.2 Å². The molecule has 1 atom stereocenters. The van der Waals surface area contributed by atoms with Gasteiger partial charge in [0.1, 0.15) is 11.3 Å². The van der Waals surface area contributed by atoms with Gasteiger partial charge in [0.05, 0.1) is 18.3 Å². The monoisotopic (exact) mass is 598 g/mol. The maximum Gasteiger partial charge on any atom is 0.434 e. The molecule has 0 radical (unpaired) electrons. The average molecular weight is 598 g/mol. The van der Waals surface area contributed by atoms with E-state index in [9.17, 15) is 35.1 Å². The molecule has 42 heavy (non-hydrogen) atoms. The molecule has 0 aliphatic carbocycles. The molecule has 17 heteroatoms. The van der Waals surface area contributed by atoms with E-state index in [1.54, 1.807) is 0 Å². The van der Waals surface area contributed by atoms with E-state index in [0.29, 0.717) is 15.7 Å². The van der Waals surface area contributed by atoms with Crippen molar-refractivity contribution in [2.24, 2.45) is 7.05 Å². The molecule has 1 N–H and O–H groups in total. The first-order chi connectivity index (χ1) is 19.8. The Hall–Kier alpha value is -4.83. The Morgan fingerprint density at radius 3 is 2.31 bits per heavy atom. The van der Waals surface area contributed by atoms with Crippen LogP contribution in [-0.2, 0) is 19.8 Å². The van der Waals surface area contributed by atoms with Crippen molar-refractivity contribution in [2.75, 3.05) is 0 Å².